The smallest absolute Gasteiger partial charge is 0.228 e. The first-order valence-corrected chi connectivity index (χ1v) is 5.95. The van der Waals surface area contributed by atoms with Gasteiger partial charge in [-0.15, -0.1) is 0 Å². The highest BCUT2D eigenvalue weighted by Crippen LogP contribution is 2.34. The van der Waals surface area contributed by atoms with E-state index in [0.29, 0.717) is 5.82 Å². The zero-order valence-electron chi connectivity index (χ0n) is 9.48. The maximum Gasteiger partial charge on any atom is 0.228 e. The molecule has 0 radical (unpaired) electrons. The van der Waals surface area contributed by atoms with E-state index in [1.807, 2.05) is 0 Å². The molecule has 1 unspecified atom stereocenters. The van der Waals surface area contributed by atoms with E-state index < -0.39 is 11.8 Å². The molecule has 0 saturated carbocycles. The molecule has 8 heteroatoms. The van der Waals surface area contributed by atoms with Gasteiger partial charge < -0.3 is 10.6 Å². The summed E-state index contributed by atoms with van der Waals surface area (Å²) in [5, 5.41) is 0.178. The van der Waals surface area contributed by atoms with Gasteiger partial charge in [0.2, 0.25) is 11.8 Å². The van der Waals surface area contributed by atoms with Crippen LogP contribution in [0.2, 0.25) is 10.3 Å². The van der Waals surface area contributed by atoms with Crippen molar-refractivity contribution in [2.45, 2.75) is 13.3 Å². The molecule has 1 fully saturated rings. The predicted octanol–water partition coefficient (Wildman–Crippen LogP) is 0.930. The van der Waals surface area contributed by atoms with Crippen LogP contribution in [0.25, 0.3) is 0 Å². The van der Waals surface area contributed by atoms with Crippen LogP contribution in [-0.4, -0.2) is 28.3 Å². The minimum atomic E-state index is -0.536. The predicted molar refractivity (Wildman–Crippen MR) is 66.4 cm³/mol. The summed E-state index contributed by atoms with van der Waals surface area (Å²) in [4.78, 5) is 32.1. The van der Waals surface area contributed by atoms with Crippen molar-refractivity contribution in [2.24, 2.45) is 11.7 Å². The Labute approximate surface area is 113 Å². The number of halogens is 2. The zero-order valence-corrected chi connectivity index (χ0v) is 11.0. The van der Waals surface area contributed by atoms with E-state index in [0.717, 1.165) is 0 Å². The van der Waals surface area contributed by atoms with Gasteiger partial charge >= 0.3 is 0 Å². The second-order valence-corrected chi connectivity index (χ2v) is 4.72. The number of nitrogens with two attached hydrogens (primary N) is 1. The standard InChI is InChI=1S/C10H10Cl2N4O2/c1-4-14-8(11)7(9(12)15-4)16-3-5(10(13)18)2-6(16)17/h5H,2-3H2,1H3,(H2,13,18). The lowest BCUT2D eigenvalue weighted by Crippen LogP contribution is -2.29. The Morgan fingerprint density at radius 2 is 1.94 bits per heavy atom. The lowest BCUT2D eigenvalue weighted by atomic mass is 10.1. The van der Waals surface area contributed by atoms with Crippen LogP contribution in [0.1, 0.15) is 12.2 Å². The van der Waals surface area contributed by atoms with E-state index in [1.165, 1.54) is 4.90 Å². The highest BCUT2D eigenvalue weighted by Gasteiger charge is 2.36. The molecule has 1 aromatic rings. The van der Waals surface area contributed by atoms with Crippen molar-refractivity contribution in [3.8, 4) is 0 Å². The van der Waals surface area contributed by atoms with Crippen molar-refractivity contribution in [3.63, 3.8) is 0 Å². The molecule has 2 amide bonds. The van der Waals surface area contributed by atoms with Gasteiger partial charge in [-0.3, -0.25) is 9.59 Å². The number of amides is 2. The van der Waals surface area contributed by atoms with Gasteiger partial charge in [0, 0.05) is 13.0 Å². The van der Waals surface area contributed by atoms with Crippen molar-refractivity contribution in [3.05, 3.63) is 16.1 Å². The summed E-state index contributed by atoms with van der Waals surface area (Å²) in [5.41, 5.74) is 5.42. The number of rotatable bonds is 2. The number of nitrogens with zero attached hydrogens (tertiary/aromatic N) is 3. The Morgan fingerprint density at radius 3 is 2.39 bits per heavy atom. The summed E-state index contributed by atoms with van der Waals surface area (Å²) in [6.45, 7) is 1.79. The van der Waals surface area contributed by atoms with Gasteiger partial charge in [0.1, 0.15) is 11.5 Å². The molecule has 1 aliphatic rings. The van der Waals surface area contributed by atoms with Crippen LogP contribution < -0.4 is 10.6 Å². The number of aromatic nitrogens is 2. The van der Waals surface area contributed by atoms with E-state index in [1.54, 1.807) is 6.92 Å². The number of primary amides is 1. The molecule has 2 N–H and O–H groups in total. The van der Waals surface area contributed by atoms with Gasteiger partial charge in [0.25, 0.3) is 0 Å². The third-order valence-electron chi connectivity index (χ3n) is 2.71. The summed E-state index contributed by atoms with van der Waals surface area (Å²) in [5.74, 6) is -0.918. The van der Waals surface area contributed by atoms with Gasteiger partial charge in [-0.25, -0.2) is 9.97 Å². The van der Waals surface area contributed by atoms with Gasteiger partial charge in [-0.1, -0.05) is 23.2 Å². The van der Waals surface area contributed by atoms with E-state index in [4.69, 9.17) is 28.9 Å². The monoisotopic (exact) mass is 288 g/mol. The molecule has 1 atom stereocenters. The molecule has 96 valence electrons. The summed E-state index contributed by atoms with van der Waals surface area (Å²) in [6, 6.07) is 0. The number of anilines is 1. The van der Waals surface area contributed by atoms with E-state index in [2.05, 4.69) is 9.97 Å². The lowest BCUT2D eigenvalue weighted by Gasteiger charge is -2.18. The largest absolute Gasteiger partial charge is 0.369 e. The first-order valence-electron chi connectivity index (χ1n) is 5.19. The zero-order chi connectivity index (χ0) is 13.4. The van der Waals surface area contributed by atoms with E-state index in [9.17, 15) is 9.59 Å². The third-order valence-corrected chi connectivity index (χ3v) is 3.24. The molecule has 1 aliphatic heterocycles. The van der Waals surface area contributed by atoms with Gasteiger partial charge in [0.05, 0.1) is 5.92 Å². The van der Waals surface area contributed by atoms with Crippen LogP contribution in [-0.2, 0) is 9.59 Å². The van der Waals surface area contributed by atoms with Crippen molar-refractivity contribution in [1.29, 1.82) is 0 Å². The number of carbonyl (C=O) groups is 2. The van der Waals surface area contributed by atoms with Gasteiger partial charge in [-0.05, 0) is 6.92 Å². The number of aryl methyl sites for hydroxylation is 1. The average molecular weight is 289 g/mol. The fourth-order valence-corrected chi connectivity index (χ4v) is 2.51. The number of carbonyl (C=O) groups excluding carboxylic acids is 2. The molecule has 0 bridgehead atoms. The van der Waals surface area contributed by atoms with E-state index in [-0.39, 0.29) is 34.9 Å². The first-order chi connectivity index (χ1) is 8.40. The number of hydrogen-bond donors (Lipinski definition) is 1. The van der Waals surface area contributed by atoms with Crippen molar-refractivity contribution in [1.82, 2.24) is 9.97 Å². The molecule has 2 heterocycles. The Morgan fingerprint density at radius 1 is 1.39 bits per heavy atom. The fraction of sp³-hybridized carbons (Fsp3) is 0.400. The van der Waals surface area contributed by atoms with Crippen LogP contribution >= 0.6 is 23.2 Å². The summed E-state index contributed by atoms with van der Waals surface area (Å²) in [6.07, 6.45) is 0.0515. The molecule has 2 rings (SSSR count). The fourth-order valence-electron chi connectivity index (χ4n) is 1.84. The van der Waals surface area contributed by atoms with E-state index >= 15 is 0 Å². The molecule has 0 spiro atoms. The summed E-state index contributed by atoms with van der Waals surface area (Å²) in [7, 11) is 0. The van der Waals surface area contributed by atoms with Crippen molar-refractivity contribution in [2.75, 3.05) is 11.4 Å². The summed E-state index contributed by atoms with van der Waals surface area (Å²) < 4.78 is 0. The minimum Gasteiger partial charge on any atom is -0.369 e. The Balaban J connectivity index is 2.39. The molecule has 18 heavy (non-hydrogen) atoms. The van der Waals surface area contributed by atoms with Crippen LogP contribution in [0.15, 0.2) is 0 Å². The molecule has 1 saturated heterocycles. The SMILES string of the molecule is Cc1nc(Cl)c(N2CC(C(N)=O)CC2=O)c(Cl)n1. The molecule has 0 aromatic carbocycles. The minimum absolute atomic E-state index is 0.0515. The number of hydrogen-bond acceptors (Lipinski definition) is 4. The van der Waals surface area contributed by atoms with Crippen LogP contribution in [0, 0.1) is 12.8 Å². The van der Waals surface area contributed by atoms with Crippen LogP contribution in [0.4, 0.5) is 5.69 Å². The van der Waals surface area contributed by atoms with Gasteiger partial charge in [-0.2, -0.15) is 0 Å². The first kappa shape index (κ1) is 13.0. The molecular weight excluding hydrogens is 279 g/mol. The molecular formula is C10H10Cl2N4O2. The molecule has 0 aliphatic carbocycles. The maximum absolute atomic E-state index is 11.8. The highest BCUT2D eigenvalue weighted by molar-refractivity contribution is 6.38. The van der Waals surface area contributed by atoms with Crippen LogP contribution in [0.3, 0.4) is 0 Å². The second kappa shape index (κ2) is 4.70. The summed E-state index contributed by atoms with van der Waals surface area (Å²) >= 11 is 11.9. The Bertz CT molecular complexity index is 512. The maximum atomic E-state index is 11.8. The normalized spacial score (nSPS) is 19.4. The quantitative estimate of drug-likeness (QED) is 0.820. The third kappa shape index (κ3) is 2.26. The Kier molecular flexibility index (Phi) is 3.41. The highest BCUT2D eigenvalue weighted by atomic mass is 35.5. The van der Waals surface area contributed by atoms with Gasteiger partial charge in [0.15, 0.2) is 10.3 Å². The average Bonchev–Trinajstić information content (AvgIpc) is 2.59. The molecule has 6 nitrogen and oxygen atoms in total. The topological polar surface area (TPSA) is 89.2 Å². The van der Waals surface area contributed by atoms with Crippen molar-refractivity contribution < 1.29 is 9.59 Å². The van der Waals surface area contributed by atoms with Crippen LogP contribution in [0.5, 0.6) is 0 Å². The second-order valence-electron chi connectivity index (χ2n) is 4.01. The van der Waals surface area contributed by atoms with Crippen molar-refractivity contribution >= 4 is 40.7 Å². The Hall–Kier alpha value is -1.40. The lowest BCUT2D eigenvalue weighted by molar-refractivity contribution is -0.123. The molecule has 1 aromatic heterocycles.